The Balaban J connectivity index is 1.53. The summed E-state index contributed by atoms with van der Waals surface area (Å²) in [6.45, 7) is 11.7. The predicted molar refractivity (Wildman–Crippen MR) is 204 cm³/mol. The molecule has 0 radical (unpaired) electrons. The first-order chi connectivity index (χ1) is 24.8. The number of halogens is 1. The lowest BCUT2D eigenvalue weighted by Gasteiger charge is -2.26. The minimum Gasteiger partial charge on any atom is -0.481 e. The van der Waals surface area contributed by atoms with Gasteiger partial charge in [0.25, 0.3) is 0 Å². The third kappa shape index (κ3) is 9.10. The summed E-state index contributed by atoms with van der Waals surface area (Å²) in [7, 11) is 1.40. The summed E-state index contributed by atoms with van der Waals surface area (Å²) in [6.07, 6.45) is 0.725. The molecule has 5 rings (SSSR count). The maximum atomic E-state index is 14.2. The fourth-order valence-corrected chi connectivity index (χ4v) is 6.14. The number of hydrogen-bond donors (Lipinski definition) is 1. The minimum atomic E-state index is -1.18. The highest BCUT2D eigenvalue weighted by Gasteiger charge is 2.38. The van der Waals surface area contributed by atoms with Gasteiger partial charge in [0.05, 0.1) is 18.5 Å². The highest BCUT2D eigenvalue weighted by atomic mass is 35.5. The number of esters is 1. The molecule has 0 bridgehead atoms. The summed E-state index contributed by atoms with van der Waals surface area (Å²) in [5, 5.41) is 3.73. The van der Waals surface area contributed by atoms with Gasteiger partial charge in [-0.2, -0.15) is 0 Å². The number of Topliss-reactive ketones (excluding diaryl/α,β-unsaturated/α-hetero) is 1. The Labute approximate surface area is 313 Å². The lowest BCUT2D eigenvalue weighted by atomic mass is 9.85. The number of anilines is 1. The number of ether oxygens (including phenoxy) is 3. The summed E-state index contributed by atoms with van der Waals surface area (Å²) in [5.74, 6) is -2.85. The molecule has 53 heavy (non-hydrogen) atoms. The number of nitrogens with one attached hydrogen (secondary N) is 1. The van der Waals surface area contributed by atoms with Crippen LogP contribution >= 0.6 is 11.6 Å². The fourth-order valence-electron chi connectivity index (χ4n) is 5.97. The number of benzene rings is 3. The van der Waals surface area contributed by atoms with Crippen LogP contribution in [0.4, 0.5) is 10.5 Å². The Hall–Kier alpha value is -5.55. The first kappa shape index (κ1) is 38.7. The second kappa shape index (κ2) is 15.2. The number of hydrogen-bond acceptors (Lipinski definition) is 9. The first-order valence-electron chi connectivity index (χ1n) is 17.0. The van der Waals surface area contributed by atoms with E-state index in [4.69, 9.17) is 25.8 Å². The van der Waals surface area contributed by atoms with E-state index in [0.717, 1.165) is 10.1 Å². The van der Waals surface area contributed by atoms with E-state index < -0.39 is 46.9 Å². The second-order valence-electron chi connectivity index (χ2n) is 14.7. The molecule has 4 aromatic rings. The van der Waals surface area contributed by atoms with Gasteiger partial charge in [0.2, 0.25) is 11.8 Å². The number of aromatic nitrogens is 1. The number of nitrogens with zero attached hydrogens (tertiary/aromatic N) is 2. The van der Waals surface area contributed by atoms with Crippen molar-refractivity contribution in [3.05, 3.63) is 106 Å². The van der Waals surface area contributed by atoms with Gasteiger partial charge in [-0.15, -0.1) is 0 Å². The quantitative estimate of drug-likeness (QED) is 0.141. The molecule has 0 aliphatic carbocycles. The van der Waals surface area contributed by atoms with Crippen molar-refractivity contribution in [3.63, 3.8) is 0 Å². The fraction of sp³-hybridized carbons (Fsp3) is 0.317. The topological polar surface area (TPSA) is 142 Å². The Morgan fingerprint density at radius 3 is 2.21 bits per heavy atom. The van der Waals surface area contributed by atoms with Gasteiger partial charge in [-0.1, -0.05) is 41.9 Å². The van der Waals surface area contributed by atoms with Crippen LogP contribution in [-0.2, 0) is 30.2 Å². The number of methoxy groups -OCH3 is 1. The van der Waals surface area contributed by atoms with E-state index in [1.54, 1.807) is 77.9 Å². The number of fused-ring (bicyclic) bond motifs is 1. The first-order valence-corrected chi connectivity index (χ1v) is 17.4. The Morgan fingerprint density at radius 2 is 1.58 bits per heavy atom. The van der Waals surface area contributed by atoms with Gasteiger partial charge < -0.3 is 19.5 Å². The molecule has 0 spiro atoms. The van der Waals surface area contributed by atoms with Crippen LogP contribution in [-0.4, -0.2) is 64.4 Å². The maximum Gasteiger partial charge on any atom is 0.419 e. The van der Waals surface area contributed by atoms with Crippen LogP contribution < -0.4 is 5.32 Å². The number of amides is 1. The molecule has 1 aliphatic rings. The maximum absolute atomic E-state index is 14.2. The molecule has 0 saturated carbocycles. The molecule has 11 nitrogen and oxygen atoms in total. The largest absolute Gasteiger partial charge is 0.481 e. The van der Waals surface area contributed by atoms with E-state index in [9.17, 15) is 24.0 Å². The van der Waals surface area contributed by atoms with Crippen LogP contribution in [0, 0.1) is 5.92 Å². The lowest BCUT2D eigenvalue weighted by Crippen LogP contribution is -2.40. The molecule has 1 amide bonds. The van der Waals surface area contributed by atoms with Gasteiger partial charge in [0.1, 0.15) is 22.9 Å². The molecule has 0 saturated heterocycles. The monoisotopic (exact) mass is 739 g/mol. The molecule has 1 unspecified atom stereocenters. The van der Waals surface area contributed by atoms with Crippen LogP contribution in [0.1, 0.15) is 80.4 Å². The summed E-state index contributed by atoms with van der Waals surface area (Å²) in [6, 6.07) is 19.1. The third-order valence-corrected chi connectivity index (χ3v) is 8.41. The smallest absolute Gasteiger partial charge is 0.419 e. The number of carbonyl (C=O) groups is 5. The number of carbonyl (C=O) groups excluding carboxylic acids is 5. The molecular weight excluding hydrogens is 698 g/mol. The molecular formula is C41H42ClN3O8. The molecule has 1 aromatic heterocycles. The number of dihydropyridines is 1. The zero-order valence-electron chi connectivity index (χ0n) is 30.9. The molecule has 12 heteroatoms. The van der Waals surface area contributed by atoms with Crippen LogP contribution in [0.2, 0.25) is 5.02 Å². The van der Waals surface area contributed by atoms with Crippen molar-refractivity contribution >= 4 is 69.2 Å². The Bertz CT molecular complexity index is 2170. The normalized spacial score (nSPS) is 15.3. The number of aliphatic imine (C=N–C) groups is 1. The van der Waals surface area contributed by atoms with Gasteiger partial charge >= 0.3 is 12.1 Å². The van der Waals surface area contributed by atoms with Crippen LogP contribution in [0.25, 0.3) is 16.5 Å². The third-order valence-electron chi connectivity index (χ3n) is 8.18. The van der Waals surface area contributed by atoms with E-state index in [1.807, 2.05) is 30.3 Å². The van der Waals surface area contributed by atoms with Gasteiger partial charge in [-0.25, -0.2) is 19.1 Å². The highest BCUT2D eigenvalue weighted by molar-refractivity contribution is 6.33. The van der Waals surface area contributed by atoms with Crippen molar-refractivity contribution in [3.8, 4) is 0 Å². The second-order valence-corrected chi connectivity index (χ2v) is 15.1. The average Bonchev–Trinajstić information content (AvgIpc) is 3.45. The standard InChI is InChI=1S/C41H42ClN3O8/c1-23(46)28-16-14-26(42)21-29(28)30-22-34(47)35(44-37(30)51-8)31(18-24-12-10-9-11-13-24)36(48)43-27-15-17-32-25(19-27)20-33(38(49)52-40(2,3)4)45(32)39(50)53-41(5,6)7/h9-17,19-22,31,35H,18H2,1-8H3,(H,43,48)/t31-,35?/m1/s1. The Morgan fingerprint density at radius 1 is 0.906 bits per heavy atom. The highest BCUT2D eigenvalue weighted by Crippen LogP contribution is 2.32. The average molecular weight is 740 g/mol. The van der Waals surface area contributed by atoms with Crippen LogP contribution in [0.15, 0.2) is 83.9 Å². The van der Waals surface area contributed by atoms with E-state index >= 15 is 0 Å². The summed E-state index contributed by atoms with van der Waals surface area (Å²) >= 11 is 6.28. The Kier molecular flexibility index (Phi) is 11.1. The van der Waals surface area contributed by atoms with Crippen molar-refractivity contribution < 1.29 is 38.2 Å². The van der Waals surface area contributed by atoms with E-state index in [1.165, 1.54) is 26.2 Å². The number of ketones is 2. The minimum absolute atomic E-state index is 0.0425. The molecule has 3 aromatic carbocycles. The predicted octanol–water partition coefficient (Wildman–Crippen LogP) is 8.11. The van der Waals surface area contributed by atoms with Crippen LogP contribution in [0.5, 0.6) is 0 Å². The summed E-state index contributed by atoms with van der Waals surface area (Å²) in [5.41, 5.74) is 0.783. The van der Waals surface area contributed by atoms with Crippen molar-refractivity contribution in [1.82, 2.24) is 4.57 Å². The van der Waals surface area contributed by atoms with Gasteiger partial charge in [-0.3, -0.25) is 14.4 Å². The number of rotatable bonds is 8. The summed E-state index contributed by atoms with van der Waals surface area (Å²) in [4.78, 5) is 71.9. The van der Waals surface area contributed by atoms with E-state index in [2.05, 4.69) is 10.3 Å². The molecule has 276 valence electrons. The molecule has 1 aliphatic heterocycles. The van der Waals surface area contributed by atoms with Crippen LogP contribution in [0.3, 0.4) is 0 Å². The lowest BCUT2D eigenvalue weighted by molar-refractivity contribution is -0.125. The van der Waals surface area contributed by atoms with Crippen molar-refractivity contribution in [2.75, 3.05) is 12.4 Å². The van der Waals surface area contributed by atoms with E-state index in [0.29, 0.717) is 32.7 Å². The summed E-state index contributed by atoms with van der Waals surface area (Å²) < 4.78 is 18.0. The molecule has 2 atom stereocenters. The molecule has 0 fully saturated rings. The molecule has 2 heterocycles. The van der Waals surface area contributed by atoms with Crippen molar-refractivity contribution in [2.45, 2.75) is 72.1 Å². The van der Waals surface area contributed by atoms with E-state index in [-0.39, 0.29) is 29.4 Å². The van der Waals surface area contributed by atoms with Crippen molar-refractivity contribution in [2.24, 2.45) is 10.9 Å². The van der Waals surface area contributed by atoms with Gasteiger partial charge in [0.15, 0.2) is 11.6 Å². The molecule has 1 N–H and O–H groups in total. The zero-order chi connectivity index (χ0) is 38.8. The van der Waals surface area contributed by atoms with Gasteiger partial charge in [-0.05, 0) is 115 Å². The van der Waals surface area contributed by atoms with Gasteiger partial charge in [0, 0.05) is 27.2 Å². The van der Waals surface area contributed by atoms with Crippen molar-refractivity contribution in [1.29, 1.82) is 0 Å². The zero-order valence-corrected chi connectivity index (χ0v) is 31.7. The SMILES string of the molecule is COC1=NC([C@@H](Cc2ccccc2)C(=O)Nc2ccc3c(c2)cc(C(=O)OC(C)(C)C)n3C(=O)OC(C)(C)C)C(=O)C=C1c1cc(Cl)ccc1C(C)=O.